The van der Waals surface area contributed by atoms with Gasteiger partial charge in [-0.25, -0.2) is 4.98 Å². The van der Waals surface area contributed by atoms with E-state index in [4.69, 9.17) is 5.26 Å². The lowest BCUT2D eigenvalue weighted by molar-refractivity contribution is -0.117. The molecule has 0 aliphatic carbocycles. The van der Waals surface area contributed by atoms with Gasteiger partial charge in [-0.1, -0.05) is 42.1 Å². The van der Waals surface area contributed by atoms with Crippen molar-refractivity contribution in [2.75, 3.05) is 11.4 Å². The van der Waals surface area contributed by atoms with Crippen molar-refractivity contribution in [2.24, 2.45) is 7.05 Å². The zero-order valence-corrected chi connectivity index (χ0v) is 16.5. The van der Waals surface area contributed by atoms with Gasteiger partial charge in [-0.15, -0.1) is 0 Å². The molecule has 1 unspecified atom stereocenters. The number of rotatable bonds is 6. The molecule has 0 saturated heterocycles. The quantitative estimate of drug-likeness (QED) is 0.475. The third-order valence-corrected chi connectivity index (χ3v) is 5.48. The molecule has 1 atom stereocenters. The molecule has 0 bridgehead atoms. The number of anilines is 1. The van der Waals surface area contributed by atoms with E-state index in [1.165, 1.54) is 16.3 Å². The number of aromatic nitrogens is 2. The van der Waals surface area contributed by atoms with Gasteiger partial charge in [0, 0.05) is 19.3 Å². The molecule has 0 aliphatic heterocycles. The molecule has 1 aromatic heterocycles. The third-order valence-electron chi connectivity index (χ3n) is 4.35. The Morgan fingerprint density at radius 2 is 1.89 bits per heavy atom. The molecule has 3 rings (SSSR count). The molecule has 0 spiro atoms. The summed E-state index contributed by atoms with van der Waals surface area (Å²) in [5, 5.41) is 9.50. The predicted octanol–water partition coefficient (Wildman–Crippen LogP) is 3.36. The Bertz CT molecular complexity index is 1090. The topological polar surface area (TPSA) is 79.0 Å². The molecule has 0 fully saturated rings. The van der Waals surface area contributed by atoms with Gasteiger partial charge in [-0.2, -0.15) is 5.26 Å². The molecule has 0 N–H and O–H groups in total. The van der Waals surface area contributed by atoms with Crippen LogP contribution in [0.3, 0.4) is 0 Å². The van der Waals surface area contributed by atoms with Crippen molar-refractivity contribution < 1.29 is 4.79 Å². The molecule has 7 heteroatoms. The Morgan fingerprint density at radius 1 is 1.21 bits per heavy atom. The maximum Gasteiger partial charge on any atom is 0.261 e. The standard InChI is InChI=1S/C21H20N4O2S/c1-15(19(26)25(14-8-13-22)16-9-4-3-5-10-16)28-21-23-18-12-7-6-11-17(18)20(27)24(21)2/h3-7,9-12,15H,8,14H2,1-2H3. The van der Waals surface area contributed by atoms with Gasteiger partial charge >= 0.3 is 0 Å². The summed E-state index contributed by atoms with van der Waals surface area (Å²) >= 11 is 1.24. The van der Waals surface area contributed by atoms with Crippen LogP contribution in [0.25, 0.3) is 10.9 Å². The van der Waals surface area contributed by atoms with Gasteiger partial charge < -0.3 is 4.90 Å². The van der Waals surface area contributed by atoms with E-state index in [1.54, 1.807) is 37.1 Å². The lowest BCUT2D eigenvalue weighted by Crippen LogP contribution is -2.37. The van der Waals surface area contributed by atoms with Crippen LogP contribution < -0.4 is 10.5 Å². The molecule has 0 radical (unpaired) electrons. The molecule has 1 amide bonds. The van der Waals surface area contributed by atoms with E-state index >= 15 is 0 Å². The third kappa shape index (κ3) is 4.07. The molecule has 1 heterocycles. The van der Waals surface area contributed by atoms with Crippen LogP contribution in [0.1, 0.15) is 13.3 Å². The molecular formula is C21H20N4O2S. The summed E-state index contributed by atoms with van der Waals surface area (Å²) in [5.74, 6) is -0.131. The second-order valence-electron chi connectivity index (χ2n) is 6.27. The van der Waals surface area contributed by atoms with E-state index in [0.29, 0.717) is 22.6 Å². The van der Waals surface area contributed by atoms with Crippen LogP contribution in [0.5, 0.6) is 0 Å². The lowest BCUT2D eigenvalue weighted by atomic mass is 10.2. The highest BCUT2D eigenvalue weighted by Crippen LogP contribution is 2.25. The fourth-order valence-electron chi connectivity index (χ4n) is 2.87. The summed E-state index contributed by atoms with van der Waals surface area (Å²) in [5.41, 5.74) is 1.21. The summed E-state index contributed by atoms with van der Waals surface area (Å²) in [7, 11) is 1.66. The largest absolute Gasteiger partial charge is 0.310 e. The predicted molar refractivity (Wildman–Crippen MR) is 111 cm³/mol. The van der Waals surface area contributed by atoms with Crippen LogP contribution in [0, 0.1) is 11.3 Å². The van der Waals surface area contributed by atoms with E-state index in [-0.39, 0.29) is 17.9 Å². The normalized spacial score (nSPS) is 11.8. The van der Waals surface area contributed by atoms with Crippen LogP contribution in [-0.2, 0) is 11.8 Å². The summed E-state index contributed by atoms with van der Waals surface area (Å²) in [6.45, 7) is 2.10. The average Bonchev–Trinajstić information content (AvgIpc) is 2.72. The number of amides is 1. The van der Waals surface area contributed by atoms with Crippen molar-refractivity contribution in [3.63, 3.8) is 0 Å². The first-order chi connectivity index (χ1) is 13.5. The first-order valence-corrected chi connectivity index (χ1v) is 9.76. The van der Waals surface area contributed by atoms with Crippen molar-refractivity contribution in [1.29, 1.82) is 5.26 Å². The zero-order chi connectivity index (χ0) is 20.1. The number of carbonyl (C=O) groups excluding carboxylic acids is 1. The number of hydrogen-bond donors (Lipinski definition) is 0. The minimum absolute atomic E-state index is 0.131. The minimum Gasteiger partial charge on any atom is -0.310 e. The summed E-state index contributed by atoms with van der Waals surface area (Å²) < 4.78 is 1.47. The Hall–Kier alpha value is -3.11. The van der Waals surface area contributed by atoms with Crippen LogP contribution in [0.15, 0.2) is 64.5 Å². The Balaban J connectivity index is 1.89. The molecule has 2 aromatic carbocycles. The van der Waals surface area contributed by atoms with Gasteiger partial charge in [0.05, 0.1) is 28.6 Å². The number of nitrogens with zero attached hydrogens (tertiary/aromatic N) is 4. The Kier molecular flexibility index (Phi) is 6.12. The highest BCUT2D eigenvalue weighted by molar-refractivity contribution is 8.00. The van der Waals surface area contributed by atoms with E-state index in [2.05, 4.69) is 11.1 Å². The van der Waals surface area contributed by atoms with Crippen molar-refractivity contribution >= 4 is 34.3 Å². The SMILES string of the molecule is CC(Sc1nc2ccccc2c(=O)n1C)C(=O)N(CCC#N)c1ccccc1. The fraction of sp³-hybridized carbons (Fsp3) is 0.238. The van der Waals surface area contributed by atoms with Crippen LogP contribution >= 0.6 is 11.8 Å². The summed E-state index contributed by atoms with van der Waals surface area (Å²) in [6.07, 6.45) is 0.241. The van der Waals surface area contributed by atoms with Gasteiger partial charge in [0.15, 0.2) is 5.16 Å². The number of carbonyl (C=O) groups is 1. The van der Waals surface area contributed by atoms with E-state index in [0.717, 1.165) is 5.69 Å². The van der Waals surface area contributed by atoms with E-state index in [1.807, 2.05) is 36.4 Å². The number of hydrogen-bond acceptors (Lipinski definition) is 5. The van der Waals surface area contributed by atoms with Crippen molar-refractivity contribution in [3.8, 4) is 6.07 Å². The molecule has 3 aromatic rings. The maximum absolute atomic E-state index is 13.1. The van der Waals surface area contributed by atoms with Crippen molar-refractivity contribution in [1.82, 2.24) is 9.55 Å². The second kappa shape index (κ2) is 8.72. The highest BCUT2D eigenvalue weighted by atomic mass is 32.2. The average molecular weight is 392 g/mol. The van der Waals surface area contributed by atoms with Gasteiger partial charge in [-0.05, 0) is 31.2 Å². The first-order valence-electron chi connectivity index (χ1n) is 8.88. The van der Waals surface area contributed by atoms with Crippen LogP contribution in [0.2, 0.25) is 0 Å². The van der Waals surface area contributed by atoms with Gasteiger partial charge in [0.25, 0.3) is 5.56 Å². The molecule has 142 valence electrons. The molecule has 6 nitrogen and oxygen atoms in total. The van der Waals surface area contributed by atoms with Gasteiger partial charge in [-0.3, -0.25) is 14.2 Å². The first kappa shape index (κ1) is 19.6. The monoisotopic (exact) mass is 392 g/mol. The van der Waals surface area contributed by atoms with Crippen LogP contribution in [-0.4, -0.2) is 27.3 Å². The van der Waals surface area contributed by atoms with Crippen molar-refractivity contribution in [3.05, 3.63) is 65.0 Å². The fourth-order valence-corrected chi connectivity index (χ4v) is 3.80. The number of para-hydroxylation sites is 2. The summed E-state index contributed by atoms with van der Waals surface area (Å²) in [4.78, 5) is 31.8. The van der Waals surface area contributed by atoms with Gasteiger partial charge in [0.1, 0.15) is 0 Å². The molecule has 28 heavy (non-hydrogen) atoms. The van der Waals surface area contributed by atoms with E-state index < -0.39 is 5.25 Å². The molecule has 0 aliphatic rings. The molecule has 0 saturated carbocycles. The summed E-state index contributed by atoms with van der Waals surface area (Å²) in [6, 6.07) is 18.5. The molecular weight excluding hydrogens is 372 g/mol. The number of thioether (sulfide) groups is 1. The van der Waals surface area contributed by atoms with Crippen LogP contribution in [0.4, 0.5) is 5.69 Å². The number of benzene rings is 2. The van der Waals surface area contributed by atoms with Crippen molar-refractivity contribution in [2.45, 2.75) is 23.8 Å². The minimum atomic E-state index is -0.474. The van der Waals surface area contributed by atoms with E-state index in [9.17, 15) is 9.59 Å². The highest BCUT2D eigenvalue weighted by Gasteiger charge is 2.24. The number of nitriles is 1. The Labute approximate surface area is 167 Å². The zero-order valence-electron chi connectivity index (χ0n) is 15.7. The smallest absolute Gasteiger partial charge is 0.261 e. The Morgan fingerprint density at radius 3 is 2.61 bits per heavy atom. The number of fused-ring (bicyclic) bond motifs is 1. The lowest BCUT2D eigenvalue weighted by Gasteiger charge is -2.25. The maximum atomic E-state index is 13.1. The van der Waals surface area contributed by atoms with Gasteiger partial charge in [0.2, 0.25) is 5.91 Å². The second-order valence-corrected chi connectivity index (χ2v) is 7.58.